The molecule has 0 fully saturated rings. The number of hydrogen-bond donors (Lipinski definition) is 1. The van der Waals surface area contributed by atoms with Gasteiger partial charge in [-0.05, 0) is 43.4 Å². The summed E-state index contributed by atoms with van der Waals surface area (Å²) >= 11 is 1.45. The number of nitrogens with one attached hydrogen (secondary N) is 1. The molecule has 3 rings (SSSR count). The summed E-state index contributed by atoms with van der Waals surface area (Å²) in [6, 6.07) is 5.41. The first-order valence-electron chi connectivity index (χ1n) is 9.86. The Morgan fingerprint density at radius 3 is 2.72 bits per heavy atom. The number of fused-ring (bicyclic) bond motifs is 1. The molecule has 1 unspecified atom stereocenters. The fourth-order valence-corrected chi connectivity index (χ4v) is 4.21. The number of pyridine rings is 1. The Bertz CT molecular complexity index is 1030. The Labute approximate surface area is 175 Å². The highest BCUT2D eigenvalue weighted by atomic mass is 32.1. The zero-order valence-corrected chi connectivity index (χ0v) is 18.5. The van der Waals surface area contributed by atoms with Crippen molar-refractivity contribution in [3.63, 3.8) is 0 Å². The number of carbonyl (C=O) groups excluding carboxylic acids is 2. The molecule has 6 nitrogen and oxygen atoms in total. The average molecular weight is 413 g/mol. The largest absolute Gasteiger partial charge is 0.343 e. The third kappa shape index (κ3) is 5.09. The van der Waals surface area contributed by atoms with Gasteiger partial charge in [0, 0.05) is 24.5 Å². The Hall–Kier alpha value is -2.54. The number of rotatable bonds is 7. The topological polar surface area (TPSA) is 76.9 Å². The highest BCUT2D eigenvalue weighted by Gasteiger charge is 2.19. The van der Waals surface area contributed by atoms with Gasteiger partial charge in [-0.25, -0.2) is 0 Å². The van der Waals surface area contributed by atoms with Crippen LogP contribution in [0.2, 0.25) is 0 Å². The number of ketones is 1. The van der Waals surface area contributed by atoms with Crippen LogP contribution >= 0.6 is 11.3 Å². The molecule has 3 aromatic heterocycles. The van der Waals surface area contributed by atoms with Crippen molar-refractivity contribution in [1.29, 1.82) is 0 Å². The van der Waals surface area contributed by atoms with Crippen molar-refractivity contribution in [1.82, 2.24) is 20.1 Å². The van der Waals surface area contributed by atoms with Crippen molar-refractivity contribution in [3.05, 3.63) is 46.0 Å². The van der Waals surface area contributed by atoms with Crippen molar-refractivity contribution in [2.75, 3.05) is 0 Å². The molecule has 29 heavy (non-hydrogen) atoms. The molecule has 1 N–H and O–H groups in total. The third-order valence-corrected chi connectivity index (χ3v) is 6.21. The maximum absolute atomic E-state index is 12.8. The number of thiophene rings is 1. The van der Waals surface area contributed by atoms with Gasteiger partial charge in [0.1, 0.15) is 5.69 Å². The van der Waals surface area contributed by atoms with E-state index in [1.807, 2.05) is 32.2 Å². The molecule has 0 aromatic carbocycles. The van der Waals surface area contributed by atoms with Crippen LogP contribution in [-0.2, 0) is 7.05 Å². The number of carbonyl (C=O) groups is 2. The molecule has 3 heterocycles. The van der Waals surface area contributed by atoms with E-state index in [0.717, 1.165) is 33.5 Å². The van der Waals surface area contributed by atoms with Crippen LogP contribution in [0, 0.1) is 5.41 Å². The van der Waals surface area contributed by atoms with Gasteiger partial charge in [0.25, 0.3) is 5.91 Å². The van der Waals surface area contributed by atoms with Gasteiger partial charge in [0.15, 0.2) is 5.78 Å². The summed E-state index contributed by atoms with van der Waals surface area (Å²) < 4.78 is 1.72. The molecule has 154 valence electrons. The zero-order chi connectivity index (χ0) is 21.2. The van der Waals surface area contributed by atoms with E-state index in [1.54, 1.807) is 17.1 Å². The van der Waals surface area contributed by atoms with Crippen LogP contribution in [0.15, 0.2) is 30.6 Å². The second-order valence-corrected chi connectivity index (χ2v) is 9.71. The maximum atomic E-state index is 12.8. The van der Waals surface area contributed by atoms with E-state index >= 15 is 0 Å². The second-order valence-electron chi connectivity index (χ2n) is 8.60. The van der Waals surface area contributed by atoms with Gasteiger partial charge in [-0.2, -0.15) is 5.10 Å². The number of aromatic nitrogens is 3. The lowest BCUT2D eigenvalue weighted by Gasteiger charge is -2.17. The minimum absolute atomic E-state index is 0.172. The molecule has 3 aromatic rings. The molecular weight excluding hydrogens is 384 g/mol. The van der Waals surface area contributed by atoms with Crippen molar-refractivity contribution in [3.8, 4) is 0 Å². The lowest BCUT2D eigenvalue weighted by atomic mass is 9.89. The van der Waals surface area contributed by atoms with Crippen LogP contribution in [0.1, 0.15) is 78.0 Å². The maximum Gasteiger partial charge on any atom is 0.271 e. The van der Waals surface area contributed by atoms with Gasteiger partial charge in [-0.3, -0.25) is 19.3 Å². The molecule has 0 aliphatic carbocycles. The molecule has 0 saturated heterocycles. The van der Waals surface area contributed by atoms with Crippen molar-refractivity contribution >= 4 is 33.9 Å². The van der Waals surface area contributed by atoms with E-state index in [0.29, 0.717) is 12.1 Å². The molecule has 1 atom stereocenters. The Balaban J connectivity index is 1.64. The zero-order valence-electron chi connectivity index (χ0n) is 17.7. The van der Waals surface area contributed by atoms with E-state index in [-0.39, 0.29) is 23.1 Å². The summed E-state index contributed by atoms with van der Waals surface area (Å²) in [7, 11) is 1.83. The average Bonchev–Trinajstić information content (AvgIpc) is 3.28. The normalized spacial score (nSPS) is 12.9. The molecule has 0 saturated carbocycles. The standard InChI is InChI=1S/C22H28N4O2S/c1-14(18-8-9-19(29-18)17(27)7-6-11-22(2,3)4)25-21(28)20-15-13-24-26(5)16(15)10-12-23-20/h8-10,12-14H,6-7,11H2,1-5H3,(H,25,28). The van der Waals surface area contributed by atoms with Gasteiger partial charge in [-0.15, -0.1) is 11.3 Å². The lowest BCUT2D eigenvalue weighted by Crippen LogP contribution is -2.27. The predicted octanol–water partition coefficient (Wildman–Crippen LogP) is 4.92. The van der Waals surface area contributed by atoms with E-state index in [9.17, 15) is 9.59 Å². The first-order chi connectivity index (χ1) is 13.7. The number of nitrogens with zero attached hydrogens (tertiary/aromatic N) is 3. The molecule has 0 aliphatic heterocycles. The first-order valence-corrected chi connectivity index (χ1v) is 10.7. The van der Waals surface area contributed by atoms with Crippen LogP contribution in [0.3, 0.4) is 0 Å². The molecule has 0 bridgehead atoms. The van der Waals surface area contributed by atoms with Crippen LogP contribution in [-0.4, -0.2) is 26.5 Å². The summed E-state index contributed by atoms with van der Waals surface area (Å²) in [5, 5.41) is 7.91. The smallest absolute Gasteiger partial charge is 0.271 e. The molecular formula is C22H28N4O2S. The fraction of sp³-hybridized carbons (Fsp3) is 0.455. The predicted molar refractivity (Wildman–Crippen MR) is 116 cm³/mol. The van der Waals surface area contributed by atoms with Gasteiger partial charge in [0.05, 0.1) is 28.0 Å². The van der Waals surface area contributed by atoms with Gasteiger partial charge >= 0.3 is 0 Å². The van der Waals surface area contributed by atoms with Crippen molar-refractivity contribution < 1.29 is 9.59 Å². The molecule has 0 spiro atoms. The Morgan fingerprint density at radius 2 is 2.00 bits per heavy atom. The SMILES string of the molecule is CC(NC(=O)c1nccc2c1cnn2C)c1ccc(C(=O)CCCC(C)(C)C)s1. The quantitative estimate of drug-likeness (QED) is 0.559. The lowest BCUT2D eigenvalue weighted by molar-refractivity contribution is 0.0936. The molecule has 0 aliphatic rings. The van der Waals surface area contributed by atoms with Crippen molar-refractivity contribution in [2.45, 2.75) is 53.0 Å². The van der Waals surface area contributed by atoms with Gasteiger partial charge in [-0.1, -0.05) is 20.8 Å². The third-order valence-electron chi connectivity index (χ3n) is 4.90. The second kappa shape index (κ2) is 8.45. The summed E-state index contributed by atoms with van der Waals surface area (Å²) in [5.41, 5.74) is 1.46. The number of hydrogen-bond acceptors (Lipinski definition) is 5. The summed E-state index contributed by atoms with van der Waals surface area (Å²) in [6.45, 7) is 8.48. The van der Waals surface area contributed by atoms with Crippen LogP contribution in [0.25, 0.3) is 10.9 Å². The van der Waals surface area contributed by atoms with Gasteiger partial charge in [0.2, 0.25) is 0 Å². The molecule has 0 radical (unpaired) electrons. The van der Waals surface area contributed by atoms with E-state index < -0.39 is 0 Å². The highest BCUT2D eigenvalue weighted by Crippen LogP contribution is 2.27. The van der Waals surface area contributed by atoms with Gasteiger partial charge < -0.3 is 5.32 Å². The molecule has 1 amide bonds. The highest BCUT2D eigenvalue weighted by molar-refractivity contribution is 7.14. The first kappa shape index (κ1) is 21.2. The number of Topliss-reactive ketones (excluding diaryl/α,β-unsaturated/α-hetero) is 1. The monoisotopic (exact) mass is 412 g/mol. The Kier molecular flexibility index (Phi) is 6.17. The van der Waals surface area contributed by atoms with E-state index in [4.69, 9.17) is 0 Å². The van der Waals surface area contributed by atoms with E-state index in [1.165, 1.54) is 11.3 Å². The van der Waals surface area contributed by atoms with Crippen LogP contribution in [0.4, 0.5) is 0 Å². The van der Waals surface area contributed by atoms with Crippen molar-refractivity contribution in [2.24, 2.45) is 12.5 Å². The van der Waals surface area contributed by atoms with E-state index in [2.05, 4.69) is 36.2 Å². The minimum Gasteiger partial charge on any atom is -0.343 e. The number of aryl methyl sites for hydroxylation is 1. The summed E-state index contributed by atoms with van der Waals surface area (Å²) in [5.74, 6) is -0.0756. The number of amides is 1. The Morgan fingerprint density at radius 1 is 1.24 bits per heavy atom. The molecule has 7 heteroatoms. The van der Waals surface area contributed by atoms with Crippen LogP contribution in [0.5, 0.6) is 0 Å². The fourth-order valence-electron chi connectivity index (χ4n) is 3.23. The minimum atomic E-state index is -0.248. The van der Waals surface area contributed by atoms with Crippen LogP contribution < -0.4 is 5.32 Å². The summed E-state index contributed by atoms with van der Waals surface area (Å²) in [6.07, 6.45) is 5.74. The summed E-state index contributed by atoms with van der Waals surface area (Å²) in [4.78, 5) is 31.2.